The number of carbonyl (C=O) groups excluding carboxylic acids is 1. The quantitative estimate of drug-likeness (QED) is 0.475. The second kappa shape index (κ2) is 5.30. The lowest BCUT2D eigenvalue weighted by Gasteiger charge is -2.05. The molecule has 1 atom stereocenters. The zero-order valence-electron chi connectivity index (χ0n) is 8.88. The Balaban J connectivity index is 2.30. The molecule has 0 spiro atoms. The molecule has 4 heteroatoms. The minimum atomic E-state index is -0.781. The van der Waals surface area contributed by atoms with Crippen molar-refractivity contribution in [2.75, 3.05) is 0 Å². The van der Waals surface area contributed by atoms with Crippen molar-refractivity contribution in [2.24, 2.45) is 0 Å². The van der Waals surface area contributed by atoms with Crippen molar-refractivity contribution in [1.82, 2.24) is 0 Å². The van der Waals surface area contributed by atoms with Crippen LogP contribution in [0.5, 0.6) is 0 Å². The van der Waals surface area contributed by atoms with Gasteiger partial charge in [0, 0.05) is 17.7 Å². The van der Waals surface area contributed by atoms with Gasteiger partial charge in [-0.25, -0.2) is 0 Å². The second-order valence-electron chi connectivity index (χ2n) is 3.50. The van der Waals surface area contributed by atoms with E-state index in [0.717, 1.165) is 0 Å². The highest BCUT2D eigenvalue weighted by molar-refractivity contribution is 6.37. The molecule has 0 aliphatic heterocycles. The minimum Gasteiger partial charge on any atom is -0.285 e. The third kappa shape index (κ3) is 2.65. The highest BCUT2D eigenvalue weighted by Gasteiger charge is 2.26. The number of carbonyl (C=O) groups is 1. The number of halogens is 2. The van der Waals surface area contributed by atoms with E-state index < -0.39 is 5.50 Å². The van der Waals surface area contributed by atoms with Crippen LogP contribution in [0.4, 0.5) is 0 Å². The molecule has 0 aliphatic rings. The highest BCUT2D eigenvalue weighted by Crippen LogP contribution is 2.20. The Bertz CT molecular complexity index is 528. The number of benzene rings is 1. The minimum absolute atomic E-state index is 0.214. The normalized spacial score (nSPS) is 12.1. The molecule has 0 bridgehead atoms. The van der Waals surface area contributed by atoms with Crippen molar-refractivity contribution < 1.29 is 9.36 Å². The van der Waals surface area contributed by atoms with E-state index >= 15 is 0 Å². The highest BCUT2D eigenvalue weighted by atomic mass is 35.5. The summed E-state index contributed by atoms with van der Waals surface area (Å²) in [4.78, 5) is 12.1. The van der Waals surface area contributed by atoms with E-state index in [-0.39, 0.29) is 5.78 Å². The number of Topliss-reactive ketones (excluding diaryl/α,β-unsaturated/α-hetero) is 1. The summed E-state index contributed by atoms with van der Waals surface area (Å²) in [6.45, 7) is 0. The van der Waals surface area contributed by atoms with Gasteiger partial charge in [0.25, 0.3) is 5.50 Å². The van der Waals surface area contributed by atoms with E-state index in [4.69, 9.17) is 23.2 Å². The summed E-state index contributed by atoms with van der Waals surface area (Å²) in [6.07, 6.45) is 3.48. The Hall–Kier alpha value is -1.38. The molecule has 17 heavy (non-hydrogen) atoms. The molecule has 1 heterocycles. The van der Waals surface area contributed by atoms with Gasteiger partial charge >= 0.3 is 0 Å². The molecular formula is C13H10Cl2NO+. The molecular weight excluding hydrogens is 257 g/mol. The molecule has 86 valence electrons. The number of aromatic nitrogens is 1. The molecule has 0 saturated heterocycles. The Morgan fingerprint density at radius 3 is 2.35 bits per heavy atom. The molecule has 0 saturated carbocycles. The van der Waals surface area contributed by atoms with Crippen LogP contribution >= 0.6 is 23.2 Å². The first-order valence-corrected chi connectivity index (χ1v) is 5.90. The van der Waals surface area contributed by atoms with E-state index in [1.54, 1.807) is 41.2 Å². The maximum Gasteiger partial charge on any atom is 0.295 e. The zero-order chi connectivity index (χ0) is 12.3. The van der Waals surface area contributed by atoms with E-state index in [9.17, 15) is 4.79 Å². The molecule has 0 fully saturated rings. The van der Waals surface area contributed by atoms with Gasteiger partial charge in [-0.1, -0.05) is 29.8 Å². The summed E-state index contributed by atoms with van der Waals surface area (Å²) in [5.41, 5.74) is -0.346. The Morgan fingerprint density at radius 1 is 1.06 bits per heavy atom. The fraction of sp³-hybridized carbons (Fsp3) is 0.0769. The van der Waals surface area contributed by atoms with E-state index in [1.807, 2.05) is 18.2 Å². The third-order valence-corrected chi connectivity index (χ3v) is 3.11. The summed E-state index contributed by atoms with van der Waals surface area (Å²) in [6, 6.07) is 12.4. The maximum absolute atomic E-state index is 12.1. The van der Waals surface area contributed by atoms with E-state index in [0.29, 0.717) is 10.6 Å². The molecule has 2 rings (SSSR count). The summed E-state index contributed by atoms with van der Waals surface area (Å²) < 4.78 is 1.63. The lowest BCUT2D eigenvalue weighted by molar-refractivity contribution is -0.688. The Kier molecular flexibility index (Phi) is 3.77. The number of alkyl halides is 1. The molecule has 0 aliphatic carbocycles. The third-order valence-electron chi connectivity index (χ3n) is 2.36. The fourth-order valence-corrected chi connectivity index (χ4v) is 1.96. The van der Waals surface area contributed by atoms with Crippen LogP contribution in [0.3, 0.4) is 0 Å². The number of nitrogens with zero attached hydrogens (tertiary/aromatic N) is 1. The predicted octanol–water partition coefficient (Wildman–Crippen LogP) is 3.25. The lowest BCUT2D eigenvalue weighted by atomic mass is 10.1. The van der Waals surface area contributed by atoms with Gasteiger partial charge in [-0.2, -0.15) is 4.57 Å². The van der Waals surface area contributed by atoms with Gasteiger partial charge in [0.1, 0.15) is 0 Å². The largest absolute Gasteiger partial charge is 0.295 e. The van der Waals surface area contributed by atoms with Crippen LogP contribution in [-0.2, 0) is 0 Å². The Labute approximate surface area is 109 Å². The monoisotopic (exact) mass is 266 g/mol. The van der Waals surface area contributed by atoms with Crippen molar-refractivity contribution >= 4 is 29.0 Å². The topological polar surface area (TPSA) is 20.9 Å². The van der Waals surface area contributed by atoms with Gasteiger partial charge < -0.3 is 0 Å². The average Bonchev–Trinajstić information content (AvgIpc) is 2.39. The van der Waals surface area contributed by atoms with E-state index in [1.165, 1.54) is 0 Å². The van der Waals surface area contributed by atoms with Gasteiger partial charge in [-0.05, 0) is 23.7 Å². The first-order valence-electron chi connectivity index (χ1n) is 5.09. The molecule has 0 N–H and O–H groups in total. The van der Waals surface area contributed by atoms with Crippen LogP contribution in [0.2, 0.25) is 5.02 Å². The fourth-order valence-electron chi connectivity index (χ4n) is 1.49. The molecule has 0 amide bonds. The molecule has 1 unspecified atom stereocenters. The SMILES string of the molecule is O=C(c1ccccc1Cl)C(Cl)[n+]1ccccc1. The van der Waals surface area contributed by atoms with Gasteiger partial charge in [-0.15, -0.1) is 0 Å². The molecule has 2 nitrogen and oxygen atoms in total. The Morgan fingerprint density at radius 2 is 1.71 bits per heavy atom. The smallest absolute Gasteiger partial charge is 0.285 e. The van der Waals surface area contributed by atoms with Crippen LogP contribution in [0.1, 0.15) is 15.9 Å². The molecule has 1 aromatic heterocycles. The first kappa shape index (κ1) is 12.1. The molecule has 1 aromatic carbocycles. The van der Waals surface area contributed by atoms with Crippen molar-refractivity contribution in [3.63, 3.8) is 0 Å². The van der Waals surface area contributed by atoms with Crippen LogP contribution in [0, 0.1) is 0 Å². The van der Waals surface area contributed by atoms with Crippen molar-refractivity contribution in [3.05, 3.63) is 65.4 Å². The summed E-state index contributed by atoms with van der Waals surface area (Å²) in [5.74, 6) is -0.214. The van der Waals surface area contributed by atoms with E-state index in [2.05, 4.69) is 0 Å². The van der Waals surface area contributed by atoms with Gasteiger partial charge in [0.05, 0.1) is 5.02 Å². The summed E-state index contributed by atoms with van der Waals surface area (Å²) in [7, 11) is 0. The van der Waals surface area contributed by atoms with Crippen LogP contribution < -0.4 is 4.57 Å². The van der Waals surface area contributed by atoms with Crippen LogP contribution in [0.15, 0.2) is 54.9 Å². The zero-order valence-corrected chi connectivity index (χ0v) is 10.4. The van der Waals surface area contributed by atoms with Crippen molar-refractivity contribution in [3.8, 4) is 0 Å². The standard InChI is InChI=1S/C13H10Cl2NO/c14-11-7-3-2-6-10(11)12(17)13(15)16-8-4-1-5-9-16/h1-9,13H/q+1. The number of ketones is 1. The molecule has 0 radical (unpaired) electrons. The lowest BCUT2D eigenvalue weighted by Crippen LogP contribution is -2.40. The second-order valence-corrected chi connectivity index (χ2v) is 4.32. The number of pyridine rings is 1. The van der Waals surface area contributed by atoms with Gasteiger partial charge in [0.2, 0.25) is 5.78 Å². The van der Waals surface area contributed by atoms with Gasteiger partial charge in [0.15, 0.2) is 12.4 Å². The summed E-state index contributed by atoms with van der Waals surface area (Å²) in [5, 5.41) is 0.416. The van der Waals surface area contributed by atoms with Gasteiger partial charge in [-0.3, -0.25) is 4.79 Å². The number of rotatable bonds is 3. The predicted molar refractivity (Wildman–Crippen MR) is 67.3 cm³/mol. The van der Waals surface area contributed by atoms with Crippen LogP contribution in [0.25, 0.3) is 0 Å². The maximum atomic E-state index is 12.1. The summed E-state index contributed by atoms with van der Waals surface area (Å²) >= 11 is 12.1. The average molecular weight is 267 g/mol. The molecule has 2 aromatic rings. The number of hydrogen-bond donors (Lipinski definition) is 0. The first-order chi connectivity index (χ1) is 8.20. The van der Waals surface area contributed by atoms with Crippen molar-refractivity contribution in [2.45, 2.75) is 5.50 Å². The van der Waals surface area contributed by atoms with Crippen molar-refractivity contribution in [1.29, 1.82) is 0 Å². The number of hydrogen-bond acceptors (Lipinski definition) is 1. The van der Waals surface area contributed by atoms with Crippen LogP contribution in [-0.4, -0.2) is 5.78 Å².